The van der Waals surface area contributed by atoms with Crippen molar-refractivity contribution in [3.05, 3.63) is 29.1 Å². The third-order valence-corrected chi connectivity index (χ3v) is 4.73. The predicted octanol–water partition coefficient (Wildman–Crippen LogP) is 0.820. The molecule has 1 aliphatic heterocycles. The minimum absolute atomic E-state index is 0.160. The van der Waals surface area contributed by atoms with Crippen molar-refractivity contribution in [2.24, 2.45) is 0 Å². The Morgan fingerprint density at radius 1 is 1.48 bits per heavy atom. The molecular formula is C12H15FN2O5S. The number of methoxy groups -OCH3 is 1. The van der Waals surface area contributed by atoms with Crippen LogP contribution in [0.15, 0.2) is 12.1 Å². The molecule has 0 amide bonds. The van der Waals surface area contributed by atoms with Crippen molar-refractivity contribution in [1.82, 2.24) is 4.31 Å². The summed E-state index contributed by atoms with van der Waals surface area (Å²) in [5.41, 5.74) is -0.335. The first kappa shape index (κ1) is 15.7. The summed E-state index contributed by atoms with van der Waals surface area (Å²) >= 11 is 0. The van der Waals surface area contributed by atoms with E-state index in [2.05, 4.69) is 4.72 Å². The lowest BCUT2D eigenvalue weighted by molar-refractivity contribution is 0.0128. The van der Waals surface area contributed by atoms with E-state index in [1.165, 1.54) is 14.0 Å². The first-order valence-corrected chi connectivity index (χ1v) is 7.52. The third-order valence-electron chi connectivity index (χ3n) is 3.27. The van der Waals surface area contributed by atoms with Crippen LogP contribution in [0.2, 0.25) is 0 Å². The number of benzene rings is 1. The lowest BCUT2D eigenvalue weighted by atomic mass is 10.1. The molecule has 9 heteroatoms. The van der Waals surface area contributed by atoms with E-state index in [1.807, 2.05) is 0 Å². The standard InChI is InChI=1S/C12H15FN2O5S/c1-7-3-10(13)11(4-9(7)12(16)17)14-21(18,19)15-5-8(6-15)20-2/h3-4,8,14H,5-6H2,1-2H3,(H,16,17). The Bertz CT molecular complexity index is 670. The van der Waals surface area contributed by atoms with E-state index in [-0.39, 0.29) is 36.0 Å². The molecule has 0 unspecified atom stereocenters. The Hall–Kier alpha value is -1.71. The van der Waals surface area contributed by atoms with Crippen LogP contribution in [0.25, 0.3) is 0 Å². The number of hydrogen-bond donors (Lipinski definition) is 2. The van der Waals surface area contributed by atoms with Crippen LogP contribution in [-0.2, 0) is 14.9 Å². The van der Waals surface area contributed by atoms with E-state index in [1.54, 1.807) is 0 Å². The van der Waals surface area contributed by atoms with E-state index in [4.69, 9.17) is 9.84 Å². The van der Waals surface area contributed by atoms with Gasteiger partial charge in [-0.1, -0.05) is 0 Å². The number of hydrogen-bond acceptors (Lipinski definition) is 4. The molecule has 2 N–H and O–H groups in total. The van der Waals surface area contributed by atoms with Gasteiger partial charge in [0.25, 0.3) is 0 Å². The smallest absolute Gasteiger partial charge is 0.336 e. The number of rotatable bonds is 5. The number of carboxylic acids is 1. The quantitative estimate of drug-likeness (QED) is 0.838. The van der Waals surface area contributed by atoms with Crippen molar-refractivity contribution in [3.8, 4) is 0 Å². The monoisotopic (exact) mass is 318 g/mol. The van der Waals surface area contributed by atoms with E-state index >= 15 is 0 Å². The number of anilines is 1. The number of nitrogens with zero attached hydrogens (tertiary/aromatic N) is 1. The molecule has 1 heterocycles. The maximum atomic E-state index is 13.8. The summed E-state index contributed by atoms with van der Waals surface area (Å²) in [5, 5.41) is 8.99. The number of carbonyl (C=O) groups is 1. The highest BCUT2D eigenvalue weighted by Gasteiger charge is 2.36. The van der Waals surface area contributed by atoms with Crippen molar-refractivity contribution < 1.29 is 27.4 Å². The second kappa shape index (κ2) is 5.58. The van der Waals surface area contributed by atoms with Gasteiger partial charge in [0.05, 0.1) is 17.4 Å². The van der Waals surface area contributed by atoms with Crippen LogP contribution in [0.3, 0.4) is 0 Å². The zero-order valence-electron chi connectivity index (χ0n) is 11.5. The topological polar surface area (TPSA) is 95.9 Å². The molecule has 0 spiro atoms. The minimum atomic E-state index is -3.93. The van der Waals surface area contributed by atoms with Crippen molar-refractivity contribution in [1.29, 1.82) is 0 Å². The Morgan fingerprint density at radius 3 is 2.62 bits per heavy atom. The summed E-state index contributed by atoms with van der Waals surface area (Å²) in [7, 11) is -2.45. The Kier molecular flexibility index (Phi) is 4.17. The molecule has 7 nitrogen and oxygen atoms in total. The van der Waals surface area contributed by atoms with Crippen LogP contribution in [0.4, 0.5) is 10.1 Å². The highest BCUT2D eigenvalue weighted by Crippen LogP contribution is 2.24. The molecule has 1 saturated heterocycles. The summed E-state index contributed by atoms with van der Waals surface area (Å²) in [5.74, 6) is -2.08. The summed E-state index contributed by atoms with van der Waals surface area (Å²) in [6.45, 7) is 1.78. The van der Waals surface area contributed by atoms with Crippen LogP contribution in [0, 0.1) is 12.7 Å². The molecule has 0 saturated carbocycles. The first-order valence-electron chi connectivity index (χ1n) is 6.08. The number of nitrogens with one attached hydrogen (secondary N) is 1. The van der Waals surface area contributed by atoms with Gasteiger partial charge in [-0.25, -0.2) is 9.18 Å². The summed E-state index contributed by atoms with van der Waals surface area (Å²) in [4.78, 5) is 11.0. The fourth-order valence-electron chi connectivity index (χ4n) is 1.93. The normalized spacial score (nSPS) is 16.5. The second-order valence-corrected chi connectivity index (χ2v) is 6.40. The highest BCUT2D eigenvalue weighted by atomic mass is 32.2. The van der Waals surface area contributed by atoms with Gasteiger partial charge in [0.2, 0.25) is 0 Å². The lowest BCUT2D eigenvalue weighted by Gasteiger charge is -2.36. The maximum Gasteiger partial charge on any atom is 0.336 e. The number of aryl methyl sites for hydroxylation is 1. The maximum absolute atomic E-state index is 13.8. The Labute approximate surface area is 121 Å². The van der Waals surface area contributed by atoms with E-state index < -0.39 is 22.0 Å². The molecule has 0 aliphatic carbocycles. The molecule has 21 heavy (non-hydrogen) atoms. The molecule has 0 atom stereocenters. The van der Waals surface area contributed by atoms with Gasteiger partial charge in [0, 0.05) is 20.2 Å². The van der Waals surface area contributed by atoms with Crippen molar-refractivity contribution in [3.63, 3.8) is 0 Å². The molecule has 1 fully saturated rings. The van der Waals surface area contributed by atoms with Gasteiger partial charge in [-0.05, 0) is 24.6 Å². The van der Waals surface area contributed by atoms with Crippen LogP contribution >= 0.6 is 0 Å². The molecule has 2 rings (SSSR count). The molecule has 0 bridgehead atoms. The molecule has 0 radical (unpaired) electrons. The number of ether oxygens (including phenoxy) is 1. The summed E-state index contributed by atoms with van der Waals surface area (Å²) < 4.78 is 45.9. The molecule has 0 aromatic heterocycles. The second-order valence-electron chi connectivity index (χ2n) is 4.73. The molecule has 116 valence electrons. The van der Waals surface area contributed by atoms with E-state index in [9.17, 15) is 17.6 Å². The van der Waals surface area contributed by atoms with Gasteiger partial charge in [-0.3, -0.25) is 4.72 Å². The molecule has 1 aromatic rings. The van der Waals surface area contributed by atoms with E-state index in [0.717, 1.165) is 16.4 Å². The molecule has 1 aliphatic rings. The Balaban J connectivity index is 2.23. The van der Waals surface area contributed by atoms with Gasteiger partial charge < -0.3 is 9.84 Å². The fraction of sp³-hybridized carbons (Fsp3) is 0.417. The molecule has 1 aromatic carbocycles. The number of halogens is 1. The van der Waals surface area contributed by atoms with Gasteiger partial charge >= 0.3 is 16.2 Å². The average molecular weight is 318 g/mol. The van der Waals surface area contributed by atoms with Gasteiger partial charge in [0.15, 0.2) is 0 Å². The summed E-state index contributed by atoms with van der Waals surface area (Å²) in [6.07, 6.45) is -0.181. The van der Waals surface area contributed by atoms with Crippen LogP contribution in [0.5, 0.6) is 0 Å². The van der Waals surface area contributed by atoms with E-state index in [0.29, 0.717) is 0 Å². The SMILES string of the molecule is COC1CN(S(=O)(=O)Nc2cc(C(=O)O)c(C)cc2F)C1. The first-order chi connectivity index (χ1) is 9.74. The number of carboxylic acid groups (broad SMARTS) is 1. The number of aromatic carboxylic acids is 1. The molecular weight excluding hydrogens is 303 g/mol. The average Bonchev–Trinajstić information content (AvgIpc) is 2.30. The van der Waals surface area contributed by atoms with Crippen molar-refractivity contribution in [2.45, 2.75) is 13.0 Å². The van der Waals surface area contributed by atoms with Crippen LogP contribution < -0.4 is 4.72 Å². The van der Waals surface area contributed by atoms with Crippen LogP contribution in [-0.4, -0.2) is 50.1 Å². The zero-order chi connectivity index (χ0) is 15.8. The third kappa shape index (κ3) is 3.14. The largest absolute Gasteiger partial charge is 0.478 e. The van der Waals surface area contributed by atoms with Crippen molar-refractivity contribution in [2.75, 3.05) is 24.9 Å². The van der Waals surface area contributed by atoms with Crippen molar-refractivity contribution >= 4 is 21.9 Å². The Morgan fingerprint density at radius 2 is 2.10 bits per heavy atom. The van der Waals surface area contributed by atoms with Gasteiger partial charge in [0.1, 0.15) is 5.82 Å². The van der Waals surface area contributed by atoms with Crippen LogP contribution in [0.1, 0.15) is 15.9 Å². The fourth-order valence-corrected chi connectivity index (χ4v) is 3.22. The zero-order valence-corrected chi connectivity index (χ0v) is 12.3. The van der Waals surface area contributed by atoms with Gasteiger partial charge in [-0.2, -0.15) is 12.7 Å². The lowest BCUT2D eigenvalue weighted by Crippen LogP contribution is -2.55. The predicted molar refractivity (Wildman–Crippen MR) is 73.0 cm³/mol. The summed E-state index contributed by atoms with van der Waals surface area (Å²) in [6, 6.07) is 1.95. The highest BCUT2D eigenvalue weighted by molar-refractivity contribution is 7.90. The van der Waals surface area contributed by atoms with Gasteiger partial charge in [-0.15, -0.1) is 0 Å². The minimum Gasteiger partial charge on any atom is -0.478 e.